The first-order valence-corrected chi connectivity index (χ1v) is 8.22. The monoisotopic (exact) mass is 293 g/mol. The zero-order chi connectivity index (χ0) is 15.9. The molecule has 0 bridgehead atoms. The Labute approximate surface area is 130 Å². The largest absolute Gasteiger partial charge is 0.316 e. The first-order chi connectivity index (χ1) is 9.78. The second-order valence-electron chi connectivity index (χ2n) is 7.81. The summed E-state index contributed by atoms with van der Waals surface area (Å²) in [5.41, 5.74) is 1.19. The van der Waals surface area contributed by atoms with Crippen molar-refractivity contribution in [1.82, 2.24) is 5.32 Å². The van der Waals surface area contributed by atoms with Crippen molar-refractivity contribution in [2.75, 3.05) is 13.1 Å². The second-order valence-corrected chi connectivity index (χ2v) is 7.81. The van der Waals surface area contributed by atoms with Gasteiger partial charge in [-0.2, -0.15) is 0 Å². The third-order valence-corrected chi connectivity index (χ3v) is 3.75. The van der Waals surface area contributed by atoms with E-state index >= 15 is 0 Å². The van der Waals surface area contributed by atoms with Crippen molar-refractivity contribution in [3.63, 3.8) is 0 Å². The van der Waals surface area contributed by atoms with Crippen LogP contribution in [-0.2, 0) is 6.42 Å². The molecule has 0 aliphatic rings. The van der Waals surface area contributed by atoms with Crippen LogP contribution in [-0.4, -0.2) is 13.1 Å². The summed E-state index contributed by atoms with van der Waals surface area (Å²) in [6, 6.07) is 7.18. The maximum atomic E-state index is 13.9. The Hall–Kier alpha value is -0.890. The van der Waals surface area contributed by atoms with Crippen LogP contribution in [0.3, 0.4) is 0 Å². The molecule has 0 radical (unpaired) electrons. The molecule has 120 valence electrons. The molecular formula is C19H32FN. The predicted octanol–water partition coefficient (Wildman–Crippen LogP) is 5.06. The Morgan fingerprint density at radius 2 is 1.76 bits per heavy atom. The van der Waals surface area contributed by atoms with E-state index in [4.69, 9.17) is 0 Å². The van der Waals surface area contributed by atoms with E-state index in [2.05, 4.69) is 39.9 Å². The van der Waals surface area contributed by atoms with Crippen LogP contribution in [0.5, 0.6) is 0 Å². The molecule has 0 aromatic heterocycles. The lowest BCUT2D eigenvalue weighted by atomic mass is 9.84. The zero-order valence-electron chi connectivity index (χ0n) is 14.4. The van der Waals surface area contributed by atoms with E-state index in [1.807, 2.05) is 12.1 Å². The van der Waals surface area contributed by atoms with Crippen LogP contribution in [0.4, 0.5) is 4.39 Å². The average Bonchev–Trinajstić information content (AvgIpc) is 2.37. The lowest BCUT2D eigenvalue weighted by Gasteiger charge is -2.24. The van der Waals surface area contributed by atoms with E-state index in [9.17, 15) is 4.39 Å². The standard InChI is InChI=1S/C19H32FN/c1-15(2)13-21-14-16(10-11-19(3,4)5)12-17-8-6-7-9-18(17)20/h6-9,15-16,21H,10-14H2,1-5H3. The van der Waals surface area contributed by atoms with Crippen LogP contribution in [0.1, 0.15) is 53.0 Å². The minimum atomic E-state index is -0.0675. The summed E-state index contributed by atoms with van der Waals surface area (Å²) in [6.07, 6.45) is 3.15. The molecule has 1 unspecified atom stereocenters. The minimum Gasteiger partial charge on any atom is -0.316 e. The summed E-state index contributed by atoms with van der Waals surface area (Å²) in [4.78, 5) is 0. The van der Waals surface area contributed by atoms with Gasteiger partial charge in [-0.3, -0.25) is 0 Å². The number of benzene rings is 1. The van der Waals surface area contributed by atoms with Crippen molar-refractivity contribution in [1.29, 1.82) is 0 Å². The second kappa shape index (κ2) is 8.53. The molecule has 0 aliphatic heterocycles. The smallest absolute Gasteiger partial charge is 0.126 e. The molecule has 0 spiro atoms. The van der Waals surface area contributed by atoms with Gasteiger partial charge < -0.3 is 5.32 Å². The van der Waals surface area contributed by atoms with Crippen molar-refractivity contribution in [3.05, 3.63) is 35.6 Å². The highest BCUT2D eigenvalue weighted by molar-refractivity contribution is 5.17. The Balaban J connectivity index is 2.60. The summed E-state index contributed by atoms with van der Waals surface area (Å²) in [5, 5.41) is 3.54. The van der Waals surface area contributed by atoms with Crippen LogP contribution >= 0.6 is 0 Å². The van der Waals surface area contributed by atoms with E-state index in [1.54, 1.807) is 12.1 Å². The molecule has 1 nitrogen and oxygen atoms in total. The summed E-state index contributed by atoms with van der Waals surface area (Å²) in [5.74, 6) is 1.09. The van der Waals surface area contributed by atoms with Crippen molar-refractivity contribution < 1.29 is 4.39 Å². The van der Waals surface area contributed by atoms with Gasteiger partial charge in [-0.25, -0.2) is 4.39 Å². The third-order valence-electron chi connectivity index (χ3n) is 3.75. The number of hydrogen-bond donors (Lipinski definition) is 1. The van der Waals surface area contributed by atoms with Gasteiger partial charge in [0.2, 0.25) is 0 Å². The summed E-state index contributed by atoms with van der Waals surface area (Å²) in [6.45, 7) is 13.3. The summed E-state index contributed by atoms with van der Waals surface area (Å²) >= 11 is 0. The molecule has 1 N–H and O–H groups in total. The summed E-state index contributed by atoms with van der Waals surface area (Å²) in [7, 11) is 0. The number of rotatable bonds is 8. The fourth-order valence-corrected chi connectivity index (χ4v) is 2.46. The summed E-state index contributed by atoms with van der Waals surface area (Å²) < 4.78 is 13.9. The van der Waals surface area contributed by atoms with E-state index in [0.29, 0.717) is 17.3 Å². The fourth-order valence-electron chi connectivity index (χ4n) is 2.46. The molecule has 1 atom stereocenters. The molecule has 0 fully saturated rings. The van der Waals surface area contributed by atoms with Crippen LogP contribution < -0.4 is 5.32 Å². The van der Waals surface area contributed by atoms with Crippen molar-refractivity contribution in [2.24, 2.45) is 17.3 Å². The Morgan fingerprint density at radius 1 is 1.10 bits per heavy atom. The molecular weight excluding hydrogens is 261 g/mol. The zero-order valence-corrected chi connectivity index (χ0v) is 14.4. The van der Waals surface area contributed by atoms with Gasteiger partial charge in [0.1, 0.15) is 5.82 Å². The van der Waals surface area contributed by atoms with Crippen LogP contribution in [0.25, 0.3) is 0 Å². The normalized spacial score (nSPS) is 13.7. The SMILES string of the molecule is CC(C)CNCC(CCC(C)(C)C)Cc1ccccc1F. The molecule has 1 aromatic rings. The predicted molar refractivity (Wildman–Crippen MR) is 90.0 cm³/mol. The lowest BCUT2D eigenvalue weighted by Crippen LogP contribution is -2.28. The topological polar surface area (TPSA) is 12.0 Å². The first kappa shape index (κ1) is 18.2. The molecule has 1 rings (SSSR count). The molecule has 0 heterocycles. The highest BCUT2D eigenvalue weighted by Gasteiger charge is 2.17. The van der Waals surface area contributed by atoms with Gasteiger partial charge in [0.15, 0.2) is 0 Å². The number of nitrogens with one attached hydrogen (secondary N) is 1. The van der Waals surface area contributed by atoms with Gasteiger partial charge in [0, 0.05) is 0 Å². The lowest BCUT2D eigenvalue weighted by molar-refractivity contribution is 0.310. The maximum Gasteiger partial charge on any atom is 0.126 e. The average molecular weight is 293 g/mol. The van der Waals surface area contributed by atoms with Gasteiger partial charge in [-0.1, -0.05) is 52.8 Å². The first-order valence-electron chi connectivity index (χ1n) is 8.22. The van der Waals surface area contributed by atoms with E-state index in [1.165, 1.54) is 6.42 Å². The van der Waals surface area contributed by atoms with Crippen LogP contribution in [0.15, 0.2) is 24.3 Å². The highest BCUT2D eigenvalue weighted by atomic mass is 19.1. The van der Waals surface area contributed by atoms with Crippen LogP contribution in [0.2, 0.25) is 0 Å². The van der Waals surface area contributed by atoms with Crippen LogP contribution in [0, 0.1) is 23.1 Å². The number of halogens is 1. The number of hydrogen-bond acceptors (Lipinski definition) is 1. The van der Waals surface area contributed by atoms with Gasteiger partial charge in [-0.05, 0) is 61.2 Å². The molecule has 0 saturated heterocycles. The van der Waals surface area contributed by atoms with Crippen molar-refractivity contribution in [2.45, 2.75) is 53.9 Å². The fraction of sp³-hybridized carbons (Fsp3) is 0.684. The molecule has 0 aliphatic carbocycles. The van der Waals surface area contributed by atoms with E-state index in [0.717, 1.165) is 31.5 Å². The van der Waals surface area contributed by atoms with Crippen molar-refractivity contribution >= 4 is 0 Å². The van der Waals surface area contributed by atoms with Crippen molar-refractivity contribution in [3.8, 4) is 0 Å². The molecule has 2 heteroatoms. The maximum absolute atomic E-state index is 13.9. The Morgan fingerprint density at radius 3 is 2.33 bits per heavy atom. The molecule has 21 heavy (non-hydrogen) atoms. The molecule has 1 aromatic carbocycles. The van der Waals surface area contributed by atoms with E-state index < -0.39 is 0 Å². The quantitative estimate of drug-likeness (QED) is 0.706. The van der Waals surface area contributed by atoms with Gasteiger partial charge in [0.05, 0.1) is 0 Å². The molecule has 0 saturated carbocycles. The minimum absolute atomic E-state index is 0.0675. The van der Waals surface area contributed by atoms with E-state index in [-0.39, 0.29) is 5.82 Å². The highest BCUT2D eigenvalue weighted by Crippen LogP contribution is 2.25. The Bertz CT molecular complexity index is 406. The third kappa shape index (κ3) is 8.21. The molecule has 0 amide bonds. The van der Waals surface area contributed by atoms with Gasteiger partial charge in [0.25, 0.3) is 0 Å². The van der Waals surface area contributed by atoms with Gasteiger partial charge >= 0.3 is 0 Å². The van der Waals surface area contributed by atoms with Gasteiger partial charge in [-0.15, -0.1) is 0 Å². The Kier molecular flexibility index (Phi) is 7.37.